The quantitative estimate of drug-likeness (QED) is 0.438. The first kappa shape index (κ1) is 17.9. The molecule has 0 atom stereocenters. The number of nitrogens with zero attached hydrogens (tertiary/aromatic N) is 2. The van der Waals surface area contributed by atoms with E-state index in [0.717, 1.165) is 50.0 Å². The van der Waals surface area contributed by atoms with Crippen LogP contribution in [0, 0.1) is 11.6 Å². The number of aromatic nitrogens is 2. The fourth-order valence-electron chi connectivity index (χ4n) is 4.38. The zero-order valence-corrected chi connectivity index (χ0v) is 16.3. The molecule has 2 aromatic heterocycles. The molecule has 4 nitrogen and oxygen atoms in total. The average molecular weight is 393 g/mol. The van der Waals surface area contributed by atoms with E-state index >= 15 is 0 Å². The summed E-state index contributed by atoms with van der Waals surface area (Å²) >= 11 is 0. The second-order valence-electron chi connectivity index (χ2n) is 7.43. The molecule has 0 unspecified atom stereocenters. The number of fused-ring (bicyclic) bond motifs is 6. The number of nitrogens with two attached hydrogens (primary N) is 1. The van der Waals surface area contributed by atoms with Crippen LogP contribution in [0.5, 0.6) is 5.75 Å². The lowest BCUT2D eigenvalue weighted by Crippen LogP contribution is -2.07. The van der Waals surface area contributed by atoms with Crippen molar-refractivity contribution >= 4 is 43.6 Å². The maximum absolute atomic E-state index is 14.0. The minimum atomic E-state index is -0.292. The minimum absolute atomic E-state index is 0.292. The van der Waals surface area contributed by atoms with Crippen molar-refractivity contribution in [3.63, 3.8) is 0 Å². The molecule has 0 aliphatic rings. The first-order valence-corrected chi connectivity index (χ1v) is 9.62. The summed E-state index contributed by atoms with van der Waals surface area (Å²) in [4.78, 5) is 0. The van der Waals surface area contributed by atoms with Crippen LogP contribution in [0.3, 0.4) is 0 Å². The summed E-state index contributed by atoms with van der Waals surface area (Å²) in [6, 6.07) is 11.6. The number of ether oxygens (including phenoxy) is 1. The standard InChI is InChI=1S/C23H21F2N3O/c1-27-19-6-4-13(24)10-15(19)17-12-18-16-11-14(25)5-7-20(16)28(2)22(18)23(21(17)27)29-9-3-8-26/h4-7,10-12H,3,8-9,26H2,1-2H3. The van der Waals surface area contributed by atoms with Crippen molar-refractivity contribution in [2.75, 3.05) is 13.2 Å². The molecule has 0 radical (unpaired) electrons. The summed E-state index contributed by atoms with van der Waals surface area (Å²) in [6.45, 7) is 0.996. The second kappa shape index (κ2) is 6.46. The predicted octanol–water partition coefficient (Wildman–Crippen LogP) is 4.98. The third kappa shape index (κ3) is 2.52. The molecule has 2 heterocycles. The van der Waals surface area contributed by atoms with Crippen LogP contribution in [0.15, 0.2) is 42.5 Å². The van der Waals surface area contributed by atoms with Crippen LogP contribution in [-0.2, 0) is 14.1 Å². The fourth-order valence-corrected chi connectivity index (χ4v) is 4.38. The lowest BCUT2D eigenvalue weighted by atomic mass is 10.1. The summed E-state index contributed by atoms with van der Waals surface area (Å²) in [5, 5.41) is 3.38. The van der Waals surface area contributed by atoms with Gasteiger partial charge < -0.3 is 19.6 Å². The molecule has 29 heavy (non-hydrogen) atoms. The fraction of sp³-hybridized carbons (Fsp3) is 0.217. The van der Waals surface area contributed by atoms with Crippen molar-refractivity contribution in [1.82, 2.24) is 9.13 Å². The topological polar surface area (TPSA) is 45.1 Å². The monoisotopic (exact) mass is 393 g/mol. The first-order valence-electron chi connectivity index (χ1n) is 9.62. The molecule has 0 aliphatic carbocycles. The van der Waals surface area contributed by atoms with Gasteiger partial charge in [-0.1, -0.05) is 0 Å². The predicted molar refractivity (Wildman–Crippen MR) is 113 cm³/mol. The maximum Gasteiger partial charge on any atom is 0.167 e. The van der Waals surface area contributed by atoms with Gasteiger partial charge in [-0.05, 0) is 55.4 Å². The Kier molecular flexibility index (Phi) is 3.99. The summed E-state index contributed by atoms with van der Waals surface area (Å²) in [7, 11) is 3.90. The number of aryl methyl sites for hydroxylation is 2. The molecule has 0 saturated carbocycles. The van der Waals surface area contributed by atoms with Gasteiger partial charge in [0.2, 0.25) is 0 Å². The van der Waals surface area contributed by atoms with Gasteiger partial charge in [-0.3, -0.25) is 0 Å². The lowest BCUT2D eigenvalue weighted by Gasteiger charge is -2.12. The molecule has 3 aromatic carbocycles. The van der Waals surface area contributed by atoms with Gasteiger partial charge in [-0.15, -0.1) is 0 Å². The molecule has 0 bridgehead atoms. The number of hydrogen-bond donors (Lipinski definition) is 1. The van der Waals surface area contributed by atoms with Crippen LogP contribution in [0.4, 0.5) is 8.78 Å². The molecule has 0 fully saturated rings. The van der Waals surface area contributed by atoms with E-state index in [2.05, 4.69) is 0 Å². The lowest BCUT2D eigenvalue weighted by molar-refractivity contribution is 0.318. The summed E-state index contributed by atoms with van der Waals surface area (Å²) in [6.07, 6.45) is 0.717. The van der Waals surface area contributed by atoms with E-state index in [9.17, 15) is 8.78 Å². The summed E-state index contributed by atoms with van der Waals surface area (Å²) in [5.74, 6) is 0.128. The van der Waals surface area contributed by atoms with Gasteiger partial charge in [-0.25, -0.2) is 8.78 Å². The molecule has 6 heteroatoms. The van der Waals surface area contributed by atoms with Crippen molar-refractivity contribution in [1.29, 1.82) is 0 Å². The van der Waals surface area contributed by atoms with Gasteiger partial charge in [0.15, 0.2) is 5.75 Å². The molecule has 5 rings (SSSR count). The molecular weight excluding hydrogens is 372 g/mol. The van der Waals surface area contributed by atoms with Gasteiger partial charge in [0.25, 0.3) is 0 Å². The van der Waals surface area contributed by atoms with Gasteiger partial charge in [0, 0.05) is 46.7 Å². The number of rotatable bonds is 4. The summed E-state index contributed by atoms with van der Waals surface area (Å²) in [5.41, 5.74) is 9.27. The summed E-state index contributed by atoms with van der Waals surface area (Å²) < 4.78 is 38.4. The zero-order chi connectivity index (χ0) is 20.3. The number of hydrogen-bond acceptors (Lipinski definition) is 2. The Hall–Kier alpha value is -3.12. The smallest absolute Gasteiger partial charge is 0.167 e. The molecular formula is C23H21F2N3O. The number of halogens is 2. The highest BCUT2D eigenvalue weighted by Gasteiger charge is 2.21. The van der Waals surface area contributed by atoms with Crippen LogP contribution in [0.1, 0.15) is 6.42 Å². The van der Waals surface area contributed by atoms with Crippen LogP contribution >= 0.6 is 0 Å². The van der Waals surface area contributed by atoms with Crippen molar-refractivity contribution in [2.45, 2.75) is 6.42 Å². The SMILES string of the molecule is Cn1c2ccc(F)cc2c2cc3c4cc(F)ccc4n(C)c3c(OCCCN)c21. The Morgan fingerprint density at radius 1 is 0.793 bits per heavy atom. The molecule has 148 valence electrons. The van der Waals surface area contributed by atoms with Gasteiger partial charge in [0.1, 0.15) is 11.6 Å². The highest BCUT2D eigenvalue weighted by atomic mass is 19.1. The van der Waals surface area contributed by atoms with E-state index in [4.69, 9.17) is 10.5 Å². The van der Waals surface area contributed by atoms with Gasteiger partial charge in [0.05, 0.1) is 17.6 Å². The van der Waals surface area contributed by atoms with E-state index in [1.807, 2.05) is 29.3 Å². The highest BCUT2D eigenvalue weighted by Crippen LogP contribution is 2.43. The Balaban J connectivity index is 2.00. The first-order chi connectivity index (χ1) is 14.0. The minimum Gasteiger partial charge on any atom is -0.489 e. The third-order valence-corrected chi connectivity index (χ3v) is 5.72. The molecule has 0 aliphatic heterocycles. The van der Waals surface area contributed by atoms with E-state index in [1.165, 1.54) is 12.1 Å². The van der Waals surface area contributed by atoms with Gasteiger partial charge in [-0.2, -0.15) is 0 Å². The molecule has 0 amide bonds. The van der Waals surface area contributed by atoms with E-state index < -0.39 is 0 Å². The molecule has 5 aromatic rings. The van der Waals surface area contributed by atoms with Crippen molar-refractivity contribution in [2.24, 2.45) is 19.8 Å². The number of benzene rings is 3. The van der Waals surface area contributed by atoms with Crippen LogP contribution in [0.25, 0.3) is 43.6 Å². The Bertz CT molecular complexity index is 1310. The molecule has 0 spiro atoms. The normalized spacial score (nSPS) is 12.0. The Morgan fingerprint density at radius 2 is 1.31 bits per heavy atom. The third-order valence-electron chi connectivity index (χ3n) is 5.72. The van der Waals surface area contributed by atoms with Crippen LogP contribution in [-0.4, -0.2) is 22.3 Å². The van der Waals surface area contributed by atoms with Crippen molar-refractivity contribution < 1.29 is 13.5 Å². The van der Waals surface area contributed by atoms with Crippen LogP contribution < -0.4 is 10.5 Å². The maximum atomic E-state index is 14.0. The van der Waals surface area contributed by atoms with E-state index in [1.54, 1.807) is 24.3 Å². The van der Waals surface area contributed by atoms with Crippen molar-refractivity contribution in [3.8, 4) is 5.75 Å². The Morgan fingerprint density at radius 3 is 1.79 bits per heavy atom. The molecule has 0 saturated heterocycles. The van der Waals surface area contributed by atoms with Gasteiger partial charge >= 0.3 is 0 Å². The van der Waals surface area contributed by atoms with Crippen LogP contribution in [0.2, 0.25) is 0 Å². The Labute approximate surface area is 166 Å². The average Bonchev–Trinajstić information content (AvgIpc) is 3.14. The largest absolute Gasteiger partial charge is 0.489 e. The van der Waals surface area contributed by atoms with E-state index in [-0.39, 0.29) is 11.6 Å². The second-order valence-corrected chi connectivity index (χ2v) is 7.43. The zero-order valence-electron chi connectivity index (χ0n) is 16.3. The highest BCUT2D eigenvalue weighted by molar-refractivity contribution is 6.21. The van der Waals surface area contributed by atoms with E-state index in [0.29, 0.717) is 18.9 Å². The van der Waals surface area contributed by atoms with Crippen molar-refractivity contribution in [3.05, 3.63) is 54.1 Å². The molecule has 2 N–H and O–H groups in total.